The van der Waals surface area contributed by atoms with Gasteiger partial charge in [-0.3, -0.25) is 0 Å². The number of nitrogens with zero attached hydrogens (tertiary/aromatic N) is 3. The lowest BCUT2D eigenvalue weighted by molar-refractivity contribution is 0.580. The van der Waals surface area contributed by atoms with Crippen LogP contribution in [-0.4, -0.2) is 29.1 Å². The number of aromatic nitrogens is 2. The molecule has 0 spiro atoms. The minimum Gasteiger partial charge on any atom is -0.337 e. The van der Waals surface area contributed by atoms with Gasteiger partial charge in [0.2, 0.25) is 5.95 Å². The number of hydrogen-bond acceptors (Lipinski definition) is 4. The van der Waals surface area contributed by atoms with Gasteiger partial charge in [-0.15, -0.1) is 6.58 Å². The van der Waals surface area contributed by atoms with Gasteiger partial charge in [-0.2, -0.15) is 0 Å². The summed E-state index contributed by atoms with van der Waals surface area (Å²) >= 11 is 0. The number of nitrogens with one attached hydrogen (secondary N) is 1. The van der Waals surface area contributed by atoms with Crippen molar-refractivity contribution in [3.63, 3.8) is 0 Å². The Balaban J connectivity index is 2.88. The van der Waals surface area contributed by atoms with Crippen LogP contribution in [0.3, 0.4) is 0 Å². The summed E-state index contributed by atoms with van der Waals surface area (Å²) in [5.74, 6) is 0.790. The summed E-state index contributed by atoms with van der Waals surface area (Å²) in [6, 6.07) is 2.49. The van der Waals surface area contributed by atoms with E-state index in [4.69, 9.17) is 0 Å². The largest absolute Gasteiger partial charge is 0.337 e. The van der Waals surface area contributed by atoms with Crippen LogP contribution in [0.4, 0.5) is 5.95 Å². The van der Waals surface area contributed by atoms with E-state index in [-0.39, 0.29) is 0 Å². The first-order chi connectivity index (χ1) is 8.56. The van der Waals surface area contributed by atoms with E-state index in [1.165, 1.54) is 0 Å². The predicted molar refractivity (Wildman–Crippen MR) is 76.8 cm³/mol. The van der Waals surface area contributed by atoms with E-state index < -0.39 is 0 Å². The molecular weight excluding hydrogens is 224 g/mol. The molecule has 0 aliphatic heterocycles. The van der Waals surface area contributed by atoms with Crippen LogP contribution in [0, 0.1) is 6.92 Å². The fraction of sp³-hybridized carbons (Fsp3) is 0.571. The molecular formula is C14H24N4. The smallest absolute Gasteiger partial charge is 0.226 e. The first kappa shape index (κ1) is 14.6. The summed E-state index contributed by atoms with van der Waals surface area (Å²) in [5.41, 5.74) is 2.04. The van der Waals surface area contributed by atoms with Gasteiger partial charge >= 0.3 is 0 Å². The fourth-order valence-corrected chi connectivity index (χ4v) is 1.67. The fourth-order valence-electron chi connectivity index (χ4n) is 1.67. The number of hydrogen-bond donors (Lipinski definition) is 1. The molecule has 1 heterocycles. The molecule has 4 heteroatoms. The van der Waals surface area contributed by atoms with Crippen LogP contribution in [0.25, 0.3) is 0 Å². The molecule has 0 aliphatic rings. The van der Waals surface area contributed by atoms with Crippen molar-refractivity contribution in [1.29, 1.82) is 0 Å². The third-order valence-corrected chi connectivity index (χ3v) is 2.60. The molecule has 0 unspecified atom stereocenters. The maximum absolute atomic E-state index is 4.60. The molecule has 1 N–H and O–H groups in total. The molecule has 0 atom stereocenters. The summed E-state index contributed by atoms with van der Waals surface area (Å²) in [6.07, 6.45) is 1.88. The number of aryl methyl sites for hydroxylation is 1. The highest BCUT2D eigenvalue weighted by molar-refractivity contribution is 5.33. The molecule has 18 heavy (non-hydrogen) atoms. The van der Waals surface area contributed by atoms with Crippen LogP contribution < -0.4 is 10.2 Å². The Bertz CT molecular complexity index is 387. The average molecular weight is 248 g/mol. The summed E-state index contributed by atoms with van der Waals surface area (Å²) < 4.78 is 0. The third kappa shape index (κ3) is 4.45. The molecule has 0 aromatic carbocycles. The van der Waals surface area contributed by atoms with Crippen molar-refractivity contribution >= 4 is 5.95 Å². The molecule has 0 fully saturated rings. The summed E-state index contributed by atoms with van der Waals surface area (Å²) in [7, 11) is 0. The molecule has 0 bridgehead atoms. The lowest BCUT2D eigenvalue weighted by Gasteiger charge is -2.20. The maximum Gasteiger partial charge on any atom is 0.226 e. The third-order valence-electron chi connectivity index (χ3n) is 2.60. The van der Waals surface area contributed by atoms with Gasteiger partial charge in [0.05, 0.1) is 5.69 Å². The quantitative estimate of drug-likeness (QED) is 0.752. The van der Waals surface area contributed by atoms with Gasteiger partial charge in [0.1, 0.15) is 0 Å². The Morgan fingerprint density at radius 3 is 2.72 bits per heavy atom. The highest BCUT2D eigenvalue weighted by Gasteiger charge is 2.08. The van der Waals surface area contributed by atoms with E-state index in [0.717, 1.165) is 37.0 Å². The second-order valence-corrected chi connectivity index (χ2v) is 4.66. The van der Waals surface area contributed by atoms with Crippen molar-refractivity contribution in [2.45, 2.75) is 40.3 Å². The Labute approximate surface area is 110 Å². The molecule has 100 valence electrons. The normalized spacial score (nSPS) is 10.7. The van der Waals surface area contributed by atoms with Gasteiger partial charge in [0.25, 0.3) is 0 Å². The van der Waals surface area contributed by atoms with E-state index in [9.17, 15) is 0 Å². The molecule has 0 radical (unpaired) electrons. The first-order valence-corrected chi connectivity index (χ1v) is 6.50. The standard InChI is InChI=1S/C14H24N4/c1-6-8-18(7-2)14-16-12(5)9-13(17-14)10-15-11(3)4/h6,9,11,15H,1,7-8,10H2,2-5H3. The van der Waals surface area contributed by atoms with Crippen LogP contribution in [0.2, 0.25) is 0 Å². The molecule has 0 amide bonds. The van der Waals surface area contributed by atoms with Crippen molar-refractivity contribution in [2.75, 3.05) is 18.0 Å². The van der Waals surface area contributed by atoms with Crippen molar-refractivity contribution in [1.82, 2.24) is 15.3 Å². The Morgan fingerprint density at radius 1 is 1.44 bits per heavy atom. The van der Waals surface area contributed by atoms with Gasteiger partial charge in [-0.25, -0.2) is 9.97 Å². The average Bonchev–Trinajstić information content (AvgIpc) is 2.32. The second-order valence-electron chi connectivity index (χ2n) is 4.66. The van der Waals surface area contributed by atoms with Crippen molar-refractivity contribution in [3.8, 4) is 0 Å². The van der Waals surface area contributed by atoms with Gasteiger partial charge in [-0.05, 0) is 19.9 Å². The number of anilines is 1. The molecule has 0 aliphatic carbocycles. The zero-order valence-corrected chi connectivity index (χ0v) is 11.9. The van der Waals surface area contributed by atoms with Crippen molar-refractivity contribution in [3.05, 3.63) is 30.1 Å². The zero-order valence-electron chi connectivity index (χ0n) is 11.9. The van der Waals surface area contributed by atoms with E-state index in [1.807, 2.05) is 19.1 Å². The Kier molecular flexibility index (Phi) is 5.78. The van der Waals surface area contributed by atoms with Crippen LogP contribution in [0.1, 0.15) is 32.2 Å². The number of likely N-dealkylation sites (N-methyl/N-ethyl adjacent to an activating group) is 1. The summed E-state index contributed by atoms with van der Waals surface area (Å²) in [6.45, 7) is 14.6. The highest BCUT2D eigenvalue weighted by Crippen LogP contribution is 2.10. The lowest BCUT2D eigenvalue weighted by Crippen LogP contribution is -2.27. The molecule has 0 saturated heterocycles. The lowest BCUT2D eigenvalue weighted by atomic mass is 10.3. The molecule has 4 nitrogen and oxygen atoms in total. The summed E-state index contributed by atoms with van der Waals surface area (Å²) in [5, 5.41) is 3.38. The van der Waals surface area contributed by atoms with Crippen LogP contribution in [-0.2, 0) is 6.54 Å². The van der Waals surface area contributed by atoms with Gasteiger partial charge in [0.15, 0.2) is 0 Å². The zero-order chi connectivity index (χ0) is 13.5. The van der Waals surface area contributed by atoms with Gasteiger partial charge in [0, 0.05) is 31.4 Å². The maximum atomic E-state index is 4.60. The monoisotopic (exact) mass is 248 g/mol. The molecule has 1 aromatic heterocycles. The van der Waals surface area contributed by atoms with E-state index in [0.29, 0.717) is 6.04 Å². The molecule has 1 rings (SSSR count). The van der Waals surface area contributed by atoms with Gasteiger partial charge < -0.3 is 10.2 Å². The summed E-state index contributed by atoms with van der Waals surface area (Å²) in [4.78, 5) is 11.2. The van der Waals surface area contributed by atoms with E-state index in [2.05, 4.69) is 47.5 Å². The van der Waals surface area contributed by atoms with Crippen LogP contribution in [0.5, 0.6) is 0 Å². The van der Waals surface area contributed by atoms with E-state index in [1.54, 1.807) is 0 Å². The molecule has 0 saturated carbocycles. The first-order valence-electron chi connectivity index (χ1n) is 6.50. The highest BCUT2D eigenvalue weighted by atomic mass is 15.2. The van der Waals surface area contributed by atoms with Crippen LogP contribution in [0.15, 0.2) is 18.7 Å². The van der Waals surface area contributed by atoms with Crippen molar-refractivity contribution < 1.29 is 0 Å². The SMILES string of the molecule is C=CCN(CC)c1nc(C)cc(CNC(C)C)n1. The predicted octanol–water partition coefficient (Wildman–Crippen LogP) is 2.30. The second kappa shape index (κ2) is 7.11. The Hall–Kier alpha value is -1.42. The van der Waals surface area contributed by atoms with Gasteiger partial charge in [-0.1, -0.05) is 19.9 Å². The minimum atomic E-state index is 0.458. The number of rotatable bonds is 7. The Morgan fingerprint density at radius 2 is 2.17 bits per heavy atom. The van der Waals surface area contributed by atoms with E-state index >= 15 is 0 Å². The van der Waals surface area contributed by atoms with Crippen LogP contribution >= 0.6 is 0 Å². The topological polar surface area (TPSA) is 41.1 Å². The van der Waals surface area contributed by atoms with Crippen molar-refractivity contribution in [2.24, 2.45) is 0 Å². The minimum absolute atomic E-state index is 0.458. The molecule has 1 aromatic rings.